The second kappa shape index (κ2) is 5.27. The van der Waals surface area contributed by atoms with Crippen molar-refractivity contribution in [2.45, 2.75) is 0 Å². The molecule has 0 radical (unpaired) electrons. The predicted octanol–water partition coefficient (Wildman–Crippen LogP) is 3.04. The van der Waals surface area contributed by atoms with Crippen molar-refractivity contribution in [3.63, 3.8) is 0 Å². The molecule has 2 aromatic rings. The van der Waals surface area contributed by atoms with Gasteiger partial charge in [-0.2, -0.15) is 5.26 Å². The van der Waals surface area contributed by atoms with Crippen molar-refractivity contribution in [2.75, 3.05) is 0 Å². The SMILES string of the molecule is N#Cc1c(F)cc(-c2ccc(OC=O)cc2)cc1F. The number of nitriles is 1. The second-order valence-corrected chi connectivity index (χ2v) is 3.67. The topological polar surface area (TPSA) is 50.1 Å². The van der Waals surface area contributed by atoms with Crippen LogP contribution in [0.15, 0.2) is 36.4 Å². The van der Waals surface area contributed by atoms with Crippen molar-refractivity contribution in [1.82, 2.24) is 0 Å². The van der Waals surface area contributed by atoms with Gasteiger partial charge in [-0.05, 0) is 35.4 Å². The summed E-state index contributed by atoms with van der Waals surface area (Å²) >= 11 is 0. The van der Waals surface area contributed by atoms with Crippen molar-refractivity contribution in [3.8, 4) is 22.9 Å². The number of nitrogens with zero attached hydrogens (tertiary/aromatic N) is 1. The Balaban J connectivity index is 2.42. The molecular formula is C14H7F2NO2. The van der Waals surface area contributed by atoms with Crippen LogP contribution in [-0.4, -0.2) is 6.47 Å². The molecule has 94 valence electrons. The van der Waals surface area contributed by atoms with Crippen LogP contribution in [0.2, 0.25) is 0 Å². The quantitative estimate of drug-likeness (QED) is 0.796. The number of carbonyl (C=O) groups excluding carboxylic acids is 1. The smallest absolute Gasteiger partial charge is 0.298 e. The van der Waals surface area contributed by atoms with E-state index < -0.39 is 17.2 Å². The molecule has 0 N–H and O–H groups in total. The number of carbonyl (C=O) groups is 1. The minimum absolute atomic E-state index is 0.288. The van der Waals surface area contributed by atoms with Crippen LogP contribution in [-0.2, 0) is 4.79 Å². The van der Waals surface area contributed by atoms with Crippen LogP contribution in [0.25, 0.3) is 11.1 Å². The summed E-state index contributed by atoms with van der Waals surface area (Å²) in [4.78, 5) is 10.1. The Morgan fingerprint density at radius 1 is 1.05 bits per heavy atom. The largest absolute Gasteiger partial charge is 0.429 e. The number of rotatable bonds is 3. The Labute approximate surface area is 107 Å². The molecule has 0 aliphatic carbocycles. The summed E-state index contributed by atoms with van der Waals surface area (Å²) in [6.07, 6.45) is 0. The van der Waals surface area contributed by atoms with E-state index in [2.05, 4.69) is 4.74 Å². The summed E-state index contributed by atoms with van der Waals surface area (Å²) in [6, 6.07) is 9.73. The Morgan fingerprint density at radius 3 is 2.11 bits per heavy atom. The van der Waals surface area contributed by atoms with Gasteiger partial charge >= 0.3 is 0 Å². The van der Waals surface area contributed by atoms with E-state index in [1.54, 1.807) is 12.1 Å². The van der Waals surface area contributed by atoms with Gasteiger partial charge in [0.15, 0.2) is 0 Å². The fraction of sp³-hybridized carbons (Fsp3) is 0. The highest BCUT2D eigenvalue weighted by Crippen LogP contribution is 2.25. The van der Waals surface area contributed by atoms with E-state index in [4.69, 9.17) is 5.26 Å². The maximum absolute atomic E-state index is 13.5. The van der Waals surface area contributed by atoms with Gasteiger partial charge in [-0.1, -0.05) is 12.1 Å². The first-order chi connectivity index (χ1) is 9.15. The van der Waals surface area contributed by atoms with Crippen molar-refractivity contribution in [1.29, 1.82) is 5.26 Å². The first kappa shape index (κ1) is 12.7. The third-order valence-corrected chi connectivity index (χ3v) is 2.53. The fourth-order valence-electron chi connectivity index (χ4n) is 1.63. The van der Waals surface area contributed by atoms with Crippen molar-refractivity contribution < 1.29 is 18.3 Å². The van der Waals surface area contributed by atoms with E-state index in [0.29, 0.717) is 16.9 Å². The van der Waals surface area contributed by atoms with Gasteiger partial charge in [0.05, 0.1) is 0 Å². The molecule has 5 heteroatoms. The summed E-state index contributed by atoms with van der Waals surface area (Å²) < 4.78 is 31.5. The van der Waals surface area contributed by atoms with Gasteiger partial charge in [0.2, 0.25) is 0 Å². The van der Waals surface area contributed by atoms with Gasteiger partial charge in [-0.25, -0.2) is 8.78 Å². The molecular weight excluding hydrogens is 252 g/mol. The lowest BCUT2D eigenvalue weighted by Gasteiger charge is -2.05. The summed E-state index contributed by atoms with van der Waals surface area (Å²) in [6.45, 7) is 0.288. The van der Waals surface area contributed by atoms with E-state index in [-0.39, 0.29) is 6.47 Å². The minimum Gasteiger partial charge on any atom is -0.429 e. The predicted molar refractivity (Wildman–Crippen MR) is 63.2 cm³/mol. The average Bonchev–Trinajstić information content (AvgIpc) is 2.39. The minimum atomic E-state index is -0.911. The van der Waals surface area contributed by atoms with Gasteiger partial charge in [-0.3, -0.25) is 4.79 Å². The third kappa shape index (κ3) is 2.58. The number of benzene rings is 2. The van der Waals surface area contributed by atoms with Crippen molar-refractivity contribution in [3.05, 3.63) is 53.6 Å². The second-order valence-electron chi connectivity index (χ2n) is 3.67. The van der Waals surface area contributed by atoms with Gasteiger partial charge < -0.3 is 4.74 Å². The number of hydrogen-bond donors (Lipinski definition) is 0. The number of hydrogen-bond acceptors (Lipinski definition) is 3. The molecule has 2 rings (SSSR count). The number of halogens is 2. The molecule has 0 atom stereocenters. The van der Waals surface area contributed by atoms with Crippen molar-refractivity contribution in [2.24, 2.45) is 0 Å². The fourth-order valence-corrected chi connectivity index (χ4v) is 1.63. The van der Waals surface area contributed by atoms with Gasteiger partial charge in [-0.15, -0.1) is 0 Å². The zero-order valence-corrected chi connectivity index (χ0v) is 9.56. The summed E-state index contributed by atoms with van der Waals surface area (Å²) in [5.41, 5.74) is 0.233. The molecule has 0 aromatic heterocycles. The van der Waals surface area contributed by atoms with E-state index in [9.17, 15) is 13.6 Å². The summed E-state index contributed by atoms with van der Waals surface area (Å²) in [7, 11) is 0. The first-order valence-electron chi connectivity index (χ1n) is 5.25. The highest BCUT2D eigenvalue weighted by atomic mass is 19.1. The van der Waals surface area contributed by atoms with Crippen LogP contribution in [0, 0.1) is 23.0 Å². The van der Waals surface area contributed by atoms with Crippen LogP contribution in [0.1, 0.15) is 5.56 Å². The zero-order chi connectivity index (χ0) is 13.8. The zero-order valence-electron chi connectivity index (χ0n) is 9.56. The molecule has 0 saturated heterocycles. The summed E-state index contributed by atoms with van der Waals surface area (Å²) in [5, 5.41) is 8.58. The monoisotopic (exact) mass is 259 g/mol. The molecule has 0 unspecified atom stereocenters. The molecule has 19 heavy (non-hydrogen) atoms. The molecule has 2 aromatic carbocycles. The van der Waals surface area contributed by atoms with Crippen LogP contribution in [0.5, 0.6) is 5.75 Å². The molecule has 0 bridgehead atoms. The molecule has 0 fully saturated rings. The lowest BCUT2D eigenvalue weighted by Crippen LogP contribution is -1.92. The maximum Gasteiger partial charge on any atom is 0.298 e. The van der Waals surface area contributed by atoms with Crippen LogP contribution >= 0.6 is 0 Å². The Bertz CT molecular complexity index is 637. The molecule has 0 aliphatic heterocycles. The number of ether oxygens (including phenoxy) is 1. The van der Waals surface area contributed by atoms with Crippen LogP contribution in [0.3, 0.4) is 0 Å². The first-order valence-corrected chi connectivity index (χ1v) is 5.25. The third-order valence-electron chi connectivity index (χ3n) is 2.53. The lowest BCUT2D eigenvalue weighted by molar-refractivity contribution is -0.120. The van der Waals surface area contributed by atoms with E-state index in [0.717, 1.165) is 12.1 Å². The lowest BCUT2D eigenvalue weighted by atomic mass is 10.0. The van der Waals surface area contributed by atoms with Gasteiger partial charge in [0, 0.05) is 0 Å². The van der Waals surface area contributed by atoms with Gasteiger partial charge in [0.1, 0.15) is 29.0 Å². The average molecular weight is 259 g/mol. The Morgan fingerprint density at radius 2 is 1.63 bits per heavy atom. The normalized spacial score (nSPS) is 9.74. The molecule has 3 nitrogen and oxygen atoms in total. The molecule has 0 heterocycles. The molecule has 0 aliphatic rings. The molecule has 0 saturated carbocycles. The molecule has 0 amide bonds. The standard InChI is InChI=1S/C14H7F2NO2/c15-13-5-10(6-14(16)12(13)7-17)9-1-3-11(4-2-9)19-8-18/h1-6,8H. The van der Waals surface area contributed by atoms with Crippen LogP contribution in [0.4, 0.5) is 8.78 Å². The van der Waals surface area contributed by atoms with Gasteiger partial charge in [0.25, 0.3) is 6.47 Å². The van der Waals surface area contributed by atoms with Crippen molar-refractivity contribution >= 4 is 6.47 Å². The van der Waals surface area contributed by atoms with E-state index in [1.165, 1.54) is 18.2 Å². The van der Waals surface area contributed by atoms with Crippen LogP contribution < -0.4 is 4.74 Å². The van der Waals surface area contributed by atoms with E-state index >= 15 is 0 Å². The van der Waals surface area contributed by atoms with E-state index in [1.807, 2.05) is 0 Å². The summed E-state index contributed by atoms with van der Waals surface area (Å²) in [5.74, 6) is -1.50. The molecule has 0 spiro atoms. The highest BCUT2D eigenvalue weighted by molar-refractivity contribution is 5.66. The highest BCUT2D eigenvalue weighted by Gasteiger charge is 2.11. The Hall–Kier alpha value is -2.74. The maximum atomic E-state index is 13.5. The Kier molecular flexibility index (Phi) is 3.53.